The van der Waals surface area contributed by atoms with Crippen molar-refractivity contribution in [1.82, 2.24) is 58.9 Å². The second kappa shape index (κ2) is 22.6. The van der Waals surface area contributed by atoms with Gasteiger partial charge in [0.25, 0.3) is 17.1 Å². The number of nitrogen functional groups attached to an aromatic ring is 3. The highest BCUT2D eigenvalue weighted by molar-refractivity contribution is 7.66. The van der Waals surface area contributed by atoms with Crippen LogP contribution in [0.15, 0.2) is 34.9 Å². The number of carbonyl (C=O) groups is 1. The first-order chi connectivity index (χ1) is 37.6. The minimum absolute atomic E-state index is 0.0212. The van der Waals surface area contributed by atoms with Crippen LogP contribution in [0.1, 0.15) is 38.4 Å². The number of nitrogens with two attached hydrogens (primary N) is 3. The number of phosphoric ester groups is 2. The third kappa shape index (κ3) is 12.0. The molecule has 3 aliphatic heterocycles. The van der Waals surface area contributed by atoms with Crippen molar-refractivity contribution in [3.8, 4) is 0 Å². The number of carbonyl (C=O) groups excluding carboxylic acids is 1. The van der Waals surface area contributed by atoms with E-state index in [9.17, 15) is 67.5 Å². The Bertz CT molecular complexity index is 3640. The molecule has 438 valence electrons. The molecule has 0 saturated carbocycles. The van der Waals surface area contributed by atoms with Crippen molar-refractivity contribution in [1.29, 1.82) is 0 Å². The van der Waals surface area contributed by atoms with E-state index in [2.05, 4.69) is 53.8 Å². The lowest BCUT2D eigenvalue weighted by Gasteiger charge is -2.35. The van der Waals surface area contributed by atoms with Crippen LogP contribution in [0.25, 0.3) is 33.5 Å². The van der Waals surface area contributed by atoms with Gasteiger partial charge in [-0.3, -0.25) is 47.1 Å². The number of nitrogens with zero attached hydrogens (tertiary/aromatic N) is 10. The third-order valence-electron chi connectivity index (χ3n) is 13.0. The summed E-state index contributed by atoms with van der Waals surface area (Å²) in [5, 5.41) is 36.1. The number of ether oxygens (including phenoxy) is 4. The summed E-state index contributed by atoms with van der Waals surface area (Å²) in [6, 6.07) is 0. The minimum Gasteiger partial charge on any atom is -0.778 e. The van der Waals surface area contributed by atoms with Crippen LogP contribution < -0.4 is 43.1 Å². The van der Waals surface area contributed by atoms with Gasteiger partial charge in [0.15, 0.2) is 41.4 Å². The average Bonchev–Trinajstić information content (AvgIpc) is 4.29. The van der Waals surface area contributed by atoms with Crippen molar-refractivity contribution in [2.24, 2.45) is 13.0 Å². The largest absolute Gasteiger partial charge is 0.778 e. The SMILES string of the molecule is CO[C@@H]1[C@H](P(=O)([O-])OC[C@H]2O[C@@H](n3cnc4c(=O)[nH]c(N)nc43)[C@H](O)[C@@H]2O)[C@@H](COP(=O)(O)OP(=O)(O)OP(=O)(O)OC[C@H]2O[C@@H]([n+]3cn(C)c4c(=O)[nH]c(N)nc43)[C@H](O)[C@@H]2CCCNC(C)=O)O[C@H]1n1cnc2c(N)ncnc21. The molecule has 16 atom stereocenters. The zero-order valence-electron chi connectivity index (χ0n) is 41.6. The van der Waals surface area contributed by atoms with Crippen LogP contribution in [0.5, 0.6) is 0 Å². The fourth-order valence-electron chi connectivity index (χ4n) is 9.52. The molecule has 43 heteroatoms. The number of nitrogens with one attached hydrogen (secondary N) is 3. The van der Waals surface area contributed by atoms with Gasteiger partial charge in [0.1, 0.15) is 50.0 Å². The summed E-state index contributed by atoms with van der Waals surface area (Å²) in [5.74, 6) is -2.05. The summed E-state index contributed by atoms with van der Waals surface area (Å²) >= 11 is 0. The molecule has 1 amide bonds. The van der Waals surface area contributed by atoms with Crippen molar-refractivity contribution >= 4 is 88.2 Å². The lowest BCUT2D eigenvalue weighted by Crippen LogP contribution is -2.45. The molecule has 0 aliphatic carbocycles. The summed E-state index contributed by atoms with van der Waals surface area (Å²) < 4.78 is 106. The lowest BCUT2D eigenvalue weighted by atomic mass is 9.93. The Hall–Kier alpha value is -5.60. The molecule has 3 aliphatic rings. The van der Waals surface area contributed by atoms with E-state index in [1.54, 1.807) is 0 Å². The molecule has 9 heterocycles. The normalized spacial score (nSPS) is 29.2. The molecule has 0 radical (unpaired) electrons. The quantitative estimate of drug-likeness (QED) is 0.0175. The molecule has 80 heavy (non-hydrogen) atoms. The Morgan fingerprint density at radius 3 is 2.08 bits per heavy atom. The van der Waals surface area contributed by atoms with Gasteiger partial charge in [0.05, 0.1) is 57.4 Å². The maximum absolute atomic E-state index is 14.4. The Labute approximate surface area is 446 Å². The van der Waals surface area contributed by atoms with Crippen molar-refractivity contribution in [3.63, 3.8) is 0 Å². The summed E-state index contributed by atoms with van der Waals surface area (Å²) in [6.07, 6.45) is -11.3. The number of hydrogen-bond acceptors (Lipinski definition) is 29. The van der Waals surface area contributed by atoms with E-state index in [0.717, 1.165) is 35.2 Å². The fraction of sp³-hybridized carbons (Fsp3) is 0.568. The maximum Gasteiger partial charge on any atom is 0.490 e. The van der Waals surface area contributed by atoms with Crippen LogP contribution in [0.3, 0.4) is 0 Å². The number of rotatable bonds is 22. The first-order valence-corrected chi connectivity index (χ1v) is 29.5. The van der Waals surface area contributed by atoms with E-state index in [-0.39, 0.29) is 76.5 Å². The summed E-state index contributed by atoms with van der Waals surface area (Å²) in [4.78, 5) is 112. The summed E-state index contributed by atoms with van der Waals surface area (Å²) in [7, 11) is -21.1. The van der Waals surface area contributed by atoms with E-state index in [1.165, 1.54) is 29.4 Å². The number of fused-ring (bicyclic) bond motifs is 3. The number of aryl methyl sites for hydroxylation is 1. The summed E-state index contributed by atoms with van der Waals surface area (Å²) in [5.41, 5.74) is 13.5. The van der Waals surface area contributed by atoms with Gasteiger partial charge >= 0.3 is 29.1 Å². The lowest BCUT2D eigenvalue weighted by molar-refractivity contribution is -0.745. The number of imidazole rings is 3. The van der Waals surface area contributed by atoms with E-state index >= 15 is 0 Å². The molecular formula is C37H52N16O23P4. The Kier molecular flexibility index (Phi) is 16.7. The molecule has 4 unspecified atom stereocenters. The van der Waals surface area contributed by atoms with Gasteiger partial charge in [0.2, 0.25) is 23.6 Å². The summed E-state index contributed by atoms with van der Waals surface area (Å²) in [6.45, 7) is -1.94. The van der Waals surface area contributed by atoms with Crippen LogP contribution >= 0.6 is 31.1 Å². The van der Waals surface area contributed by atoms with Gasteiger partial charge in [-0.1, -0.05) is 4.98 Å². The standard InChI is InChI=1S/C37H52N16O23P4/c1-14(54)41-6-4-5-15-16(72-33(22(15)55)53-13-50(2)21-30(53)47-37(40)49-32(21)59)7-70-78(62,63)75-80(66,67)76-79(64,65)71-9-18-26(25(68-3)35(74-18)51-11-44-19-27(38)42-10-43-28(19)51)77(60,61)69-8-17-23(56)24(57)34(73-17)52-12-45-20-29(52)46-36(39)48-31(20)58/h10-13,15-18,22-26,33-35,55-57H,4-9H2,1-3H3,(H12-,38,39,40,41,42,43,46,47,48,49,54,58,59,60,61,62,63,64,65,66,67)/t15-,16-,17-,18-,22-,23-,24-,25-,26-,33-,34-,35-/m1/s1. The highest BCUT2D eigenvalue weighted by atomic mass is 31.3. The number of aromatic amines is 2. The van der Waals surface area contributed by atoms with Crippen LogP contribution in [0, 0.1) is 5.92 Å². The molecule has 6 aromatic rings. The van der Waals surface area contributed by atoms with E-state index in [4.69, 9.17) is 49.7 Å². The number of anilines is 3. The Balaban J connectivity index is 0.891. The molecular weight excluding hydrogens is 1160 g/mol. The molecule has 3 saturated heterocycles. The first kappa shape index (κ1) is 59.0. The molecule has 0 bridgehead atoms. The van der Waals surface area contributed by atoms with E-state index in [0.29, 0.717) is 0 Å². The molecule has 9 rings (SSSR count). The Morgan fingerprint density at radius 2 is 1.40 bits per heavy atom. The third-order valence-corrected chi connectivity index (χ3v) is 19.1. The van der Waals surface area contributed by atoms with E-state index in [1.807, 2.05) is 0 Å². The average molecular weight is 1210 g/mol. The molecule has 3 fully saturated rings. The first-order valence-electron chi connectivity index (χ1n) is 23.4. The van der Waals surface area contributed by atoms with Gasteiger partial charge in [-0.15, -0.1) is 0 Å². The van der Waals surface area contributed by atoms with Gasteiger partial charge in [-0.05, 0) is 12.8 Å². The second-order valence-electron chi connectivity index (χ2n) is 18.3. The smallest absolute Gasteiger partial charge is 0.490 e. The second-order valence-corrected chi connectivity index (χ2v) is 24.8. The number of hydrogen-bond donors (Lipinski definition) is 12. The highest BCUT2D eigenvalue weighted by Gasteiger charge is 2.55. The predicted octanol–water partition coefficient (Wildman–Crippen LogP) is -4.10. The number of amides is 1. The molecule has 15 N–H and O–H groups in total. The zero-order chi connectivity index (χ0) is 58.0. The number of aromatic nitrogens is 12. The van der Waals surface area contributed by atoms with Crippen molar-refractivity contribution < 1.29 is 104 Å². The fourth-order valence-corrected chi connectivity index (χ4v) is 14.8. The van der Waals surface area contributed by atoms with Gasteiger partial charge in [-0.2, -0.15) is 13.6 Å². The van der Waals surface area contributed by atoms with Gasteiger partial charge in [-0.25, -0.2) is 38.2 Å². The molecule has 0 aromatic carbocycles. The monoisotopic (exact) mass is 1210 g/mol. The number of methoxy groups -OCH3 is 1. The Morgan fingerprint density at radius 1 is 0.787 bits per heavy atom. The van der Waals surface area contributed by atoms with E-state index < -0.39 is 135 Å². The van der Waals surface area contributed by atoms with Crippen molar-refractivity contribution in [3.05, 3.63) is 46.0 Å². The van der Waals surface area contributed by atoms with Crippen LogP contribution in [-0.2, 0) is 71.2 Å². The van der Waals surface area contributed by atoms with Crippen LogP contribution in [-0.4, -0.2) is 171 Å². The van der Waals surface area contributed by atoms with Gasteiger partial charge < -0.3 is 85.4 Å². The zero-order valence-corrected chi connectivity index (χ0v) is 45.2. The maximum atomic E-state index is 14.4. The number of H-pyrrole nitrogens is 2. The topological polar surface area (TPSA) is 565 Å². The van der Waals surface area contributed by atoms with Gasteiger partial charge in [0, 0.05) is 26.5 Å². The molecule has 6 aromatic heterocycles. The molecule has 39 nitrogen and oxygen atoms in total. The number of aliphatic hydroxyl groups is 3. The number of phosphoric acid groups is 3. The van der Waals surface area contributed by atoms with Crippen molar-refractivity contribution in [2.75, 3.05) is 50.7 Å². The van der Waals surface area contributed by atoms with Crippen LogP contribution in [0.4, 0.5) is 17.7 Å². The minimum atomic E-state index is -6.24. The number of aliphatic hydroxyl groups excluding tert-OH is 3. The van der Waals surface area contributed by atoms with Crippen molar-refractivity contribution in [2.45, 2.75) is 86.8 Å². The molecule has 0 spiro atoms. The predicted molar refractivity (Wildman–Crippen MR) is 261 cm³/mol. The van der Waals surface area contributed by atoms with Crippen LogP contribution in [0.2, 0.25) is 0 Å². The highest BCUT2D eigenvalue weighted by Crippen LogP contribution is 2.68.